The first kappa shape index (κ1) is 40.5. The molecular formula is C35H46F6N6O5. The van der Waals surface area contributed by atoms with Gasteiger partial charge in [-0.15, -0.1) is 0 Å². The quantitative estimate of drug-likeness (QED) is 0.158. The average molecular weight is 745 g/mol. The zero-order valence-corrected chi connectivity index (χ0v) is 29.7. The smallest absolute Gasteiger partial charge is 0.416 e. The van der Waals surface area contributed by atoms with Gasteiger partial charge >= 0.3 is 30.4 Å². The number of nitrogens with zero attached hydrogens (tertiary/aromatic N) is 6. The molecule has 1 aromatic rings. The summed E-state index contributed by atoms with van der Waals surface area (Å²) in [6.07, 6.45) is -6.72. The Morgan fingerprint density at radius 2 is 1.54 bits per heavy atom. The molecule has 0 bridgehead atoms. The van der Waals surface area contributed by atoms with Gasteiger partial charge in [0.05, 0.1) is 23.2 Å². The van der Waals surface area contributed by atoms with Crippen LogP contribution in [0.4, 0.5) is 35.9 Å². The molecule has 3 amide bonds. The Labute approximate surface area is 299 Å². The number of likely N-dealkylation sites (tertiary alicyclic amines) is 1. The van der Waals surface area contributed by atoms with Gasteiger partial charge in [0.1, 0.15) is 6.10 Å². The lowest BCUT2D eigenvalue weighted by atomic mass is 9.87. The van der Waals surface area contributed by atoms with Crippen molar-refractivity contribution in [1.82, 2.24) is 19.6 Å². The van der Waals surface area contributed by atoms with E-state index in [2.05, 4.69) is 16.7 Å². The number of carbonyl (C=O) groups is 3. The first-order chi connectivity index (χ1) is 24.4. The highest BCUT2D eigenvalue weighted by Crippen LogP contribution is 2.38. The van der Waals surface area contributed by atoms with Crippen LogP contribution in [0.25, 0.3) is 0 Å². The van der Waals surface area contributed by atoms with Crippen molar-refractivity contribution in [3.63, 3.8) is 0 Å². The van der Waals surface area contributed by atoms with E-state index >= 15 is 0 Å². The number of carboxylic acids is 1. The summed E-state index contributed by atoms with van der Waals surface area (Å²) in [5.74, 6) is -1.45. The zero-order valence-electron chi connectivity index (χ0n) is 29.7. The van der Waals surface area contributed by atoms with Gasteiger partial charge in [-0.2, -0.15) is 26.3 Å². The summed E-state index contributed by atoms with van der Waals surface area (Å²) in [6, 6.07) is -0.269. The fourth-order valence-electron chi connectivity index (χ4n) is 7.23. The van der Waals surface area contributed by atoms with E-state index in [0.29, 0.717) is 69.4 Å². The van der Waals surface area contributed by atoms with Crippen molar-refractivity contribution in [2.24, 2.45) is 15.9 Å². The number of urea groups is 1. The molecule has 1 unspecified atom stereocenters. The largest absolute Gasteiger partial charge is 0.481 e. The number of carbonyl (C=O) groups excluding carboxylic acids is 2. The summed E-state index contributed by atoms with van der Waals surface area (Å²) in [5.41, 5.74) is -2.75. The van der Waals surface area contributed by atoms with Gasteiger partial charge in [0, 0.05) is 50.5 Å². The normalized spacial score (nSPS) is 25.0. The van der Waals surface area contributed by atoms with Crippen LogP contribution in [-0.2, 0) is 28.4 Å². The molecule has 2 heterocycles. The van der Waals surface area contributed by atoms with Gasteiger partial charge in [-0.3, -0.25) is 9.69 Å². The number of ether oxygens (including phenoxy) is 1. The van der Waals surface area contributed by atoms with Gasteiger partial charge in [0.15, 0.2) is 0 Å². The van der Waals surface area contributed by atoms with Crippen LogP contribution in [0.3, 0.4) is 0 Å². The van der Waals surface area contributed by atoms with Crippen LogP contribution in [0.5, 0.6) is 0 Å². The number of hydrogen-bond donors (Lipinski definition) is 1. The van der Waals surface area contributed by atoms with E-state index in [4.69, 9.17) is 4.74 Å². The third kappa shape index (κ3) is 9.56. The second kappa shape index (κ2) is 16.6. The summed E-state index contributed by atoms with van der Waals surface area (Å²) in [7, 11) is 1.64. The lowest BCUT2D eigenvalue weighted by molar-refractivity contribution is -0.144. The monoisotopic (exact) mass is 744 g/mol. The van der Waals surface area contributed by atoms with Crippen LogP contribution < -0.4 is 0 Å². The van der Waals surface area contributed by atoms with Crippen LogP contribution in [0, 0.1) is 5.92 Å². The predicted molar refractivity (Wildman–Crippen MR) is 180 cm³/mol. The Hall–Kier alpha value is -4.31. The first-order valence-corrected chi connectivity index (χ1v) is 17.4. The van der Waals surface area contributed by atoms with E-state index < -0.39 is 72.2 Å². The third-order valence-corrected chi connectivity index (χ3v) is 10.2. The molecule has 1 saturated carbocycles. The minimum absolute atomic E-state index is 0.0726. The molecule has 2 aliphatic heterocycles. The molecule has 4 rings (SSSR count). The SMILES string of the molecule is C=NC(=N/C=C(\C)N1CCN(C)C1=O)N(Cc1cc(C(F)(F)F)cc(C(F)(F)F)c1)C1C[C@@H](CC)N(C(=O)OC2CCC(C(=O)O)CC2)[C@@H](CC)C1. The molecule has 1 N–H and O–H groups in total. The van der Waals surface area contributed by atoms with Crippen LogP contribution >= 0.6 is 0 Å². The number of aliphatic imine (C=N–C) groups is 2. The van der Waals surface area contributed by atoms with Crippen molar-refractivity contribution in [3.05, 3.63) is 46.8 Å². The molecule has 3 fully saturated rings. The molecule has 3 aliphatic rings. The highest BCUT2D eigenvalue weighted by molar-refractivity contribution is 5.85. The van der Waals surface area contributed by atoms with Gasteiger partial charge in [0.2, 0.25) is 5.96 Å². The molecular weight excluding hydrogens is 698 g/mol. The topological polar surface area (TPSA) is 118 Å². The molecule has 52 heavy (non-hydrogen) atoms. The third-order valence-electron chi connectivity index (χ3n) is 10.2. The number of aliphatic carboxylic acids is 1. The Morgan fingerprint density at radius 3 is 1.98 bits per heavy atom. The van der Waals surface area contributed by atoms with E-state index in [-0.39, 0.29) is 36.5 Å². The van der Waals surface area contributed by atoms with Crippen molar-refractivity contribution in [2.45, 2.75) is 115 Å². The van der Waals surface area contributed by atoms with Crippen LogP contribution in [0.15, 0.2) is 40.1 Å². The number of halogens is 6. The number of hydrogen-bond acceptors (Lipinski definition) is 5. The summed E-state index contributed by atoms with van der Waals surface area (Å²) < 4.78 is 89.0. The van der Waals surface area contributed by atoms with Crippen LogP contribution in [-0.4, -0.2) is 99.8 Å². The number of alkyl halides is 6. The first-order valence-electron chi connectivity index (χ1n) is 17.4. The summed E-state index contributed by atoms with van der Waals surface area (Å²) in [6.45, 7) is 9.41. The van der Waals surface area contributed by atoms with E-state index in [0.717, 1.165) is 0 Å². The summed E-state index contributed by atoms with van der Waals surface area (Å²) >= 11 is 0. The van der Waals surface area contributed by atoms with Gasteiger partial charge in [-0.05, 0) is 88.8 Å². The van der Waals surface area contributed by atoms with Crippen molar-refractivity contribution in [1.29, 1.82) is 0 Å². The van der Waals surface area contributed by atoms with Crippen molar-refractivity contribution in [3.8, 4) is 0 Å². The second-order valence-corrected chi connectivity index (χ2v) is 13.6. The summed E-state index contributed by atoms with van der Waals surface area (Å²) in [4.78, 5) is 52.3. The van der Waals surface area contributed by atoms with Crippen LogP contribution in [0.2, 0.25) is 0 Å². The Bertz CT molecular complexity index is 1490. The van der Waals surface area contributed by atoms with Crippen LogP contribution in [0.1, 0.15) is 88.8 Å². The maximum Gasteiger partial charge on any atom is 0.416 e. The number of benzene rings is 1. The molecule has 0 spiro atoms. The fourth-order valence-corrected chi connectivity index (χ4v) is 7.23. The molecule has 17 heteroatoms. The van der Waals surface area contributed by atoms with Gasteiger partial charge in [-0.25, -0.2) is 19.6 Å². The minimum atomic E-state index is -5.05. The van der Waals surface area contributed by atoms with Crippen molar-refractivity contribution < 1.29 is 50.6 Å². The average Bonchev–Trinajstić information content (AvgIpc) is 3.43. The fraction of sp³-hybridized carbons (Fsp3) is 0.629. The molecule has 0 aromatic heterocycles. The molecule has 11 nitrogen and oxygen atoms in total. The molecule has 2 saturated heterocycles. The van der Waals surface area contributed by atoms with Gasteiger partial charge in [-0.1, -0.05) is 13.8 Å². The lowest BCUT2D eigenvalue weighted by Crippen LogP contribution is -2.57. The number of rotatable bonds is 9. The van der Waals surface area contributed by atoms with E-state index in [1.807, 2.05) is 13.8 Å². The number of amides is 3. The zero-order chi connectivity index (χ0) is 38.5. The Morgan fingerprint density at radius 1 is 0.981 bits per heavy atom. The lowest BCUT2D eigenvalue weighted by Gasteiger charge is -2.48. The highest BCUT2D eigenvalue weighted by Gasteiger charge is 2.43. The standard InChI is InChI=1S/C35H46F6N6O5/c1-6-26-17-28(18-27(7-2)47(26)33(51)52-29-10-8-23(9-11-29)30(48)49)46(31(42-4)43-19-21(3)45-13-12-44(5)32(45)50)20-22-14-24(34(36,37)38)16-25(15-22)35(39,40)41/h14-16,19,23,26-29H,4,6-13,17-18,20H2,1-3,5H3,(H,48,49)/b21-19+,43-31?/t23?,26-,27+,28?,29?. The minimum Gasteiger partial charge on any atom is -0.481 e. The maximum absolute atomic E-state index is 13.9. The Balaban J connectivity index is 1.70. The number of likely N-dealkylation sites (N-methyl/N-ethyl adjacent to an activating group) is 1. The highest BCUT2D eigenvalue weighted by atomic mass is 19.4. The Kier molecular flexibility index (Phi) is 12.9. The molecule has 1 aromatic carbocycles. The molecule has 3 atom stereocenters. The second-order valence-electron chi connectivity index (χ2n) is 13.6. The predicted octanol–water partition coefficient (Wildman–Crippen LogP) is 7.61. The van der Waals surface area contributed by atoms with Gasteiger partial charge < -0.3 is 24.5 Å². The number of piperidine rings is 1. The summed E-state index contributed by atoms with van der Waals surface area (Å²) in [5, 5.41) is 9.33. The van der Waals surface area contributed by atoms with E-state index in [9.17, 15) is 45.8 Å². The maximum atomic E-state index is 13.9. The van der Waals surface area contributed by atoms with E-state index in [1.165, 1.54) is 20.9 Å². The van der Waals surface area contributed by atoms with E-state index in [1.54, 1.807) is 18.9 Å². The molecule has 288 valence electrons. The number of allylic oxidation sites excluding steroid dienone is 1. The van der Waals surface area contributed by atoms with Crippen molar-refractivity contribution in [2.75, 3.05) is 20.1 Å². The number of guanidine groups is 1. The molecule has 1 aliphatic carbocycles. The van der Waals surface area contributed by atoms with Crippen molar-refractivity contribution >= 4 is 30.8 Å². The number of carboxylic acid groups (broad SMARTS) is 1. The molecule has 0 radical (unpaired) electrons. The van der Waals surface area contributed by atoms with Gasteiger partial charge in [0.25, 0.3) is 0 Å².